The van der Waals surface area contributed by atoms with Crippen LogP contribution in [0.4, 0.5) is 11.6 Å². The maximum absolute atomic E-state index is 12.3. The SMILES string of the molecule is CCOc1ccc(Nc2nccc(C(=O)NCc3ccccn3)n2)cc1. The average Bonchev–Trinajstić information content (AvgIpc) is 2.69. The Bertz CT molecular complexity index is 853. The van der Waals surface area contributed by atoms with Gasteiger partial charge in [0.2, 0.25) is 5.95 Å². The molecule has 26 heavy (non-hydrogen) atoms. The van der Waals surface area contributed by atoms with Gasteiger partial charge in [-0.1, -0.05) is 6.07 Å². The Morgan fingerprint density at radius 3 is 2.62 bits per heavy atom. The van der Waals surface area contributed by atoms with Crippen LogP contribution in [0, 0.1) is 0 Å². The molecule has 0 spiro atoms. The second kappa shape index (κ2) is 8.57. The van der Waals surface area contributed by atoms with Crippen molar-refractivity contribution >= 4 is 17.5 Å². The lowest BCUT2D eigenvalue weighted by Gasteiger charge is -2.08. The summed E-state index contributed by atoms with van der Waals surface area (Å²) in [5, 5.41) is 5.86. The van der Waals surface area contributed by atoms with Crippen LogP contribution in [-0.2, 0) is 6.54 Å². The van der Waals surface area contributed by atoms with Gasteiger partial charge in [0.25, 0.3) is 5.91 Å². The minimum atomic E-state index is -0.284. The van der Waals surface area contributed by atoms with E-state index in [-0.39, 0.29) is 11.6 Å². The summed E-state index contributed by atoms with van der Waals surface area (Å²) in [5.74, 6) is 0.856. The van der Waals surface area contributed by atoms with Crippen molar-refractivity contribution in [3.8, 4) is 5.75 Å². The number of anilines is 2. The van der Waals surface area contributed by atoms with Crippen LogP contribution in [0.1, 0.15) is 23.1 Å². The third kappa shape index (κ3) is 4.76. The van der Waals surface area contributed by atoms with Crippen molar-refractivity contribution in [1.82, 2.24) is 20.3 Å². The molecule has 0 radical (unpaired) electrons. The zero-order chi connectivity index (χ0) is 18.2. The fourth-order valence-corrected chi connectivity index (χ4v) is 2.24. The van der Waals surface area contributed by atoms with Crippen LogP contribution in [0.5, 0.6) is 5.75 Å². The lowest BCUT2D eigenvalue weighted by atomic mass is 10.3. The van der Waals surface area contributed by atoms with Crippen LogP contribution in [-0.4, -0.2) is 27.5 Å². The predicted molar refractivity (Wildman–Crippen MR) is 98.3 cm³/mol. The van der Waals surface area contributed by atoms with Crippen LogP contribution < -0.4 is 15.4 Å². The lowest BCUT2D eigenvalue weighted by molar-refractivity contribution is 0.0945. The van der Waals surface area contributed by atoms with E-state index >= 15 is 0 Å². The summed E-state index contributed by atoms with van der Waals surface area (Å²) in [5.41, 5.74) is 1.87. The van der Waals surface area contributed by atoms with E-state index in [2.05, 4.69) is 25.6 Å². The van der Waals surface area contributed by atoms with E-state index in [0.717, 1.165) is 17.1 Å². The number of aromatic nitrogens is 3. The summed E-state index contributed by atoms with van der Waals surface area (Å²) >= 11 is 0. The molecule has 0 saturated heterocycles. The predicted octanol–water partition coefficient (Wildman–Crippen LogP) is 2.94. The highest BCUT2D eigenvalue weighted by Crippen LogP contribution is 2.18. The molecule has 0 aliphatic heterocycles. The van der Waals surface area contributed by atoms with Crippen LogP contribution in [0.15, 0.2) is 60.9 Å². The van der Waals surface area contributed by atoms with Gasteiger partial charge >= 0.3 is 0 Å². The maximum atomic E-state index is 12.3. The van der Waals surface area contributed by atoms with Gasteiger partial charge in [0, 0.05) is 18.1 Å². The third-order valence-electron chi connectivity index (χ3n) is 3.47. The summed E-state index contributed by atoms with van der Waals surface area (Å²) in [7, 11) is 0. The molecule has 1 aromatic carbocycles. The van der Waals surface area contributed by atoms with E-state index in [1.807, 2.05) is 49.4 Å². The van der Waals surface area contributed by atoms with E-state index in [0.29, 0.717) is 19.1 Å². The summed E-state index contributed by atoms with van der Waals surface area (Å²) in [6.07, 6.45) is 3.23. The number of hydrogen-bond donors (Lipinski definition) is 2. The van der Waals surface area contributed by atoms with E-state index in [1.165, 1.54) is 0 Å². The minimum absolute atomic E-state index is 0.282. The number of hydrogen-bond acceptors (Lipinski definition) is 6. The fourth-order valence-electron chi connectivity index (χ4n) is 2.24. The van der Waals surface area contributed by atoms with Gasteiger partial charge < -0.3 is 15.4 Å². The molecule has 0 saturated carbocycles. The van der Waals surface area contributed by atoms with Crippen molar-refractivity contribution in [2.45, 2.75) is 13.5 Å². The lowest BCUT2D eigenvalue weighted by Crippen LogP contribution is -2.24. The Balaban J connectivity index is 1.62. The zero-order valence-corrected chi connectivity index (χ0v) is 14.3. The van der Waals surface area contributed by atoms with Gasteiger partial charge in [-0.15, -0.1) is 0 Å². The molecule has 132 valence electrons. The topological polar surface area (TPSA) is 89.0 Å². The molecule has 0 aliphatic carbocycles. The normalized spacial score (nSPS) is 10.2. The van der Waals surface area contributed by atoms with Gasteiger partial charge in [-0.3, -0.25) is 9.78 Å². The molecule has 1 amide bonds. The number of carbonyl (C=O) groups excluding carboxylic acids is 1. The molecule has 7 nitrogen and oxygen atoms in total. The minimum Gasteiger partial charge on any atom is -0.494 e. The maximum Gasteiger partial charge on any atom is 0.270 e. The molecule has 0 aliphatic rings. The van der Waals surface area contributed by atoms with Crippen molar-refractivity contribution in [2.24, 2.45) is 0 Å². The van der Waals surface area contributed by atoms with E-state index < -0.39 is 0 Å². The molecule has 3 aromatic rings. The fraction of sp³-hybridized carbons (Fsp3) is 0.158. The van der Waals surface area contributed by atoms with Gasteiger partial charge in [-0.05, 0) is 49.4 Å². The van der Waals surface area contributed by atoms with Crippen molar-refractivity contribution in [3.63, 3.8) is 0 Å². The van der Waals surface area contributed by atoms with Gasteiger partial charge in [0.1, 0.15) is 11.4 Å². The van der Waals surface area contributed by atoms with Crippen LogP contribution in [0.3, 0.4) is 0 Å². The molecule has 2 heterocycles. The van der Waals surface area contributed by atoms with E-state index in [1.54, 1.807) is 18.5 Å². The largest absolute Gasteiger partial charge is 0.494 e. The second-order valence-corrected chi connectivity index (χ2v) is 5.35. The third-order valence-corrected chi connectivity index (χ3v) is 3.47. The first-order valence-corrected chi connectivity index (χ1v) is 8.25. The molecule has 2 N–H and O–H groups in total. The Labute approximate surface area is 151 Å². The van der Waals surface area contributed by atoms with Gasteiger partial charge in [0.15, 0.2) is 0 Å². The number of pyridine rings is 1. The van der Waals surface area contributed by atoms with Crippen LogP contribution in [0.25, 0.3) is 0 Å². The standard InChI is InChI=1S/C19H19N5O2/c1-2-26-16-8-6-14(7-9-16)23-19-21-12-10-17(24-19)18(25)22-13-15-5-3-4-11-20-15/h3-12H,2,13H2,1H3,(H,22,25)(H,21,23,24). The molecule has 0 atom stereocenters. The zero-order valence-electron chi connectivity index (χ0n) is 14.3. The molecular formula is C19H19N5O2. The monoisotopic (exact) mass is 349 g/mol. The number of carbonyl (C=O) groups is 1. The first-order valence-electron chi connectivity index (χ1n) is 8.25. The Morgan fingerprint density at radius 1 is 1.04 bits per heavy atom. The van der Waals surface area contributed by atoms with E-state index in [4.69, 9.17) is 4.74 Å². The second-order valence-electron chi connectivity index (χ2n) is 5.35. The van der Waals surface area contributed by atoms with Crippen molar-refractivity contribution in [2.75, 3.05) is 11.9 Å². The number of benzene rings is 1. The number of nitrogens with zero attached hydrogens (tertiary/aromatic N) is 3. The number of amides is 1. The molecular weight excluding hydrogens is 330 g/mol. The quantitative estimate of drug-likeness (QED) is 0.682. The molecule has 0 bridgehead atoms. The Hall–Kier alpha value is -3.48. The van der Waals surface area contributed by atoms with Gasteiger partial charge in [-0.25, -0.2) is 9.97 Å². The highest BCUT2D eigenvalue weighted by molar-refractivity contribution is 5.92. The number of ether oxygens (including phenoxy) is 1. The summed E-state index contributed by atoms with van der Waals surface area (Å²) in [6.45, 7) is 2.89. The summed E-state index contributed by atoms with van der Waals surface area (Å²) < 4.78 is 5.41. The molecule has 3 rings (SSSR count). The van der Waals surface area contributed by atoms with Crippen molar-refractivity contribution in [3.05, 3.63) is 72.3 Å². The molecule has 0 fully saturated rings. The average molecular weight is 349 g/mol. The molecule has 0 unspecified atom stereocenters. The molecule has 2 aromatic heterocycles. The first kappa shape index (κ1) is 17.3. The molecule has 7 heteroatoms. The smallest absolute Gasteiger partial charge is 0.270 e. The Morgan fingerprint density at radius 2 is 1.88 bits per heavy atom. The highest BCUT2D eigenvalue weighted by atomic mass is 16.5. The van der Waals surface area contributed by atoms with Crippen LogP contribution >= 0.6 is 0 Å². The number of nitrogens with one attached hydrogen (secondary N) is 2. The summed E-state index contributed by atoms with van der Waals surface area (Å²) in [4.78, 5) is 24.8. The number of rotatable bonds is 7. The highest BCUT2D eigenvalue weighted by Gasteiger charge is 2.09. The summed E-state index contributed by atoms with van der Waals surface area (Å²) in [6, 6.07) is 14.6. The van der Waals surface area contributed by atoms with Gasteiger partial charge in [-0.2, -0.15) is 0 Å². The van der Waals surface area contributed by atoms with Crippen molar-refractivity contribution in [1.29, 1.82) is 0 Å². The van der Waals surface area contributed by atoms with Crippen LogP contribution in [0.2, 0.25) is 0 Å². The van der Waals surface area contributed by atoms with E-state index in [9.17, 15) is 4.79 Å². The van der Waals surface area contributed by atoms with Crippen molar-refractivity contribution < 1.29 is 9.53 Å². The first-order chi connectivity index (χ1) is 12.7. The Kier molecular flexibility index (Phi) is 5.72. The van der Waals surface area contributed by atoms with Gasteiger partial charge in [0.05, 0.1) is 18.8 Å².